The summed E-state index contributed by atoms with van der Waals surface area (Å²) in [5, 5.41) is 1.21. The van der Waals surface area contributed by atoms with Gasteiger partial charge < -0.3 is 4.90 Å². The number of aryl methyl sites for hydroxylation is 1. The molecule has 84 valence electrons. The van der Waals surface area contributed by atoms with E-state index in [1.807, 2.05) is 12.4 Å². The van der Waals surface area contributed by atoms with Gasteiger partial charge in [0.15, 0.2) is 0 Å². The van der Waals surface area contributed by atoms with Crippen LogP contribution in [0.3, 0.4) is 0 Å². The summed E-state index contributed by atoms with van der Waals surface area (Å²) in [5.41, 5.74) is 3.43. The molecule has 0 amide bonds. The minimum atomic E-state index is 0.948. The van der Waals surface area contributed by atoms with Gasteiger partial charge in [0.25, 0.3) is 0 Å². The molecule has 1 aliphatic rings. The molecule has 0 saturated carbocycles. The van der Waals surface area contributed by atoms with Crippen LogP contribution in [0.1, 0.15) is 18.4 Å². The van der Waals surface area contributed by atoms with Crippen molar-refractivity contribution in [1.82, 2.24) is 8.96 Å². The molecule has 2 aromatic rings. The van der Waals surface area contributed by atoms with Crippen molar-refractivity contribution in [1.29, 1.82) is 0 Å². The Labute approximate surface area is 101 Å². The highest BCUT2D eigenvalue weighted by Gasteiger charge is 2.14. The van der Waals surface area contributed by atoms with E-state index < -0.39 is 0 Å². The van der Waals surface area contributed by atoms with Gasteiger partial charge in [-0.2, -0.15) is 0 Å². The highest BCUT2D eigenvalue weighted by Crippen LogP contribution is 2.26. The summed E-state index contributed by atoms with van der Waals surface area (Å²) in [5.74, 6) is 0. The largest absolute Gasteiger partial charge is 0.370 e. The second kappa shape index (κ2) is 3.70. The van der Waals surface area contributed by atoms with Crippen molar-refractivity contribution < 1.29 is 0 Å². The molecule has 0 spiro atoms. The lowest BCUT2D eigenvalue weighted by Gasteiger charge is -2.16. The average Bonchev–Trinajstić information content (AvgIpc) is 2.88. The Balaban J connectivity index is 2.11. The number of aromatic nitrogens is 2. The van der Waals surface area contributed by atoms with Crippen molar-refractivity contribution in [3.8, 4) is 0 Å². The molecule has 0 atom stereocenters. The van der Waals surface area contributed by atoms with Crippen molar-refractivity contribution in [3.05, 3.63) is 24.0 Å². The third-order valence-electron chi connectivity index (χ3n) is 3.28. The van der Waals surface area contributed by atoms with E-state index in [9.17, 15) is 0 Å². The van der Waals surface area contributed by atoms with E-state index >= 15 is 0 Å². The smallest absolute Gasteiger partial charge is 0.150 e. The predicted octanol–water partition coefficient (Wildman–Crippen LogP) is 2.64. The maximum atomic E-state index is 4.49. The molecule has 3 rings (SSSR count). The molecular weight excluding hydrogens is 218 g/mol. The first-order valence-electron chi connectivity index (χ1n) is 5.67. The number of nitrogens with zero attached hydrogens (tertiary/aromatic N) is 3. The van der Waals surface area contributed by atoms with Crippen LogP contribution in [0.4, 0.5) is 5.69 Å². The second-order valence-electron chi connectivity index (χ2n) is 4.42. The van der Waals surface area contributed by atoms with Crippen LogP contribution >= 0.6 is 12.8 Å². The Morgan fingerprint density at radius 1 is 1.31 bits per heavy atom. The standard InChI is InChI=1S/C12H15N3S/c1-9-8-15(16)12-11(9)6-10(7-13-12)14-4-2-3-5-14/h6-8,16H,2-5H2,1H3. The molecule has 3 heterocycles. The van der Waals surface area contributed by atoms with Gasteiger partial charge in [-0.05, 0) is 31.4 Å². The lowest BCUT2D eigenvalue weighted by molar-refractivity contribution is 0.949. The molecule has 0 radical (unpaired) electrons. The number of hydrogen-bond acceptors (Lipinski definition) is 3. The van der Waals surface area contributed by atoms with E-state index in [0.29, 0.717) is 0 Å². The van der Waals surface area contributed by atoms with Gasteiger partial charge in [0.2, 0.25) is 0 Å². The summed E-state index contributed by atoms with van der Waals surface area (Å²) >= 11 is 4.36. The van der Waals surface area contributed by atoms with Crippen LogP contribution < -0.4 is 4.90 Å². The Morgan fingerprint density at radius 3 is 2.81 bits per heavy atom. The zero-order valence-corrected chi connectivity index (χ0v) is 10.2. The van der Waals surface area contributed by atoms with Gasteiger partial charge in [-0.1, -0.05) is 12.8 Å². The number of anilines is 1. The number of hydrogen-bond donors (Lipinski definition) is 1. The van der Waals surface area contributed by atoms with E-state index in [4.69, 9.17) is 0 Å². The number of thiol groups is 1. The summed E-state index contributed by atoms with van der Waals surface area (Å²) < 4.78 is 1.79. The maximum Gasteiger partial charge on any atom is 0.150 e. The average molecular weight is 233 g/mol. The third kappa shape index (κ3) is 1.48. The molecule has 0 N–H and O–H groups in total. The summed E-state index contributed by atoms with van der Waals surface area (Å²) in [7, 11) is 0. The van der Waals surface area contributed by atoms with Crippen molar-refractivity contribution in [2.45, 2.75) is 19.8 Å². The highest BCUT2D eigenvalue weighted by atomic mass is 32.1. The van der Waals surface area contributed by atoms with E-state index in [1.165, 1.54) is 29.5 Å². The number of fused-ring (bicyclic) bond motifs is 1. The van der Waals surface area contributed by atoms with Crippen molar-refractivity contribution in [3.63, 3.8) is 0 Å². The van der Waals surface area contributed by atoms with Crippen LogP contribution in [0.15, 0.2) is 18.5 Å². The topological polar surface area (TPSA) is 21.1 Å². The monoisotopic (exact) mass is 233 g/mol. The van der Waals surface area contributed by atoms with Gasteiger partial charge in [-0.3, -0.25) is 3.97 Å². The third-order valence-corrected chi connectivity index (χ3v) is 3.59. The molecule has 1 aliphatic heterocycles. The van der Waals surface area contributed by atoms with Gasteiger partial charge in [0.05, 0.1) is 11.9 Å². The van der Waals surface area contributed by atoms with Crippen molar-refractivity contribution in [2.75, 3.05) is 18.0 Å². The molecular formula is C12H15N3S. The van der Waals surface area contributed by atoms with E-state index in [2.05, 4.69) is 35.7 Å². The minimum Gasteiger partial charge on any atom is -0.370 e. The van der Waals surface area contributed by atoms with Crippen molar-refractivity contribution in [2.24, 2.45) is 0 Å². The van der Waals surface area contributed by atoms with E-state index in [0.717, 1.165) is 18.7 Å². The molecule has 0 unspecified atom stereocenters. The molecule has 2 aromatic heterocycles. The molecule has 0 aliphatic carbocycles. The summed E-state index contributed by atoms with van der Waals surface area (Å²) in [6, 6.07) is 2.23. The van der Waals surface area contributed by atoms with Crippen LogP contribution in [0.5, 0.6) is 0 Å². The zero-order valence-electron chi connectivity index (χ0n) is 9.35. The van der Waals surface area contributed by atoms with Crippen LogP contribution in [-0.4, -0.2) is 22.0 Å². The molecule has 1 fully saturated rings. The SMILES string of the molecule is Cc1cn(S)c2ncc(N3CCCC3)cc12. The molecule has 0 aromatic carbocycles. The van der Waals surface area contributed by atoms with Gasteiger partial charge in [-0.15, -0.1) is 0 Å². The van der Waals surface area contributed by atoms with Gasteiger partial charge >= 0.3 is 0 Å². The van der Waals surface area contributed by atoms with Gasteiger partial charge in [0, 0.05) is 24.7 Å². The normalized spacial score (nSPS) is 16.2. The lowest BCUT2D eigenvalue weighted by Crippen LogP contribution is -2.17. The predicted molar refractivity (Wildman–Crippen MR) is 70.3 cm³/mol. The summed E-state index contributed by atoms with van der Waals surface area (Å²) in [6.45, 7) is 4.42. The van der Waals surface area contributed by atoms with Crippen LogP contribution in [-0.2, 0) is 0 Å². The maximum absolute atomic E-state index is 4.49. The molecule has 0 bridgehead atoms. The fourth-order valence-electron chi connectivity index (χ4n) is 2.38. The van der Waals surface area contributed by atoms with Gasteiger partial charge in [-0.25, -0.2) is 4.98 Å². The zero-order chi connectivity index (χ0) is 11.1. The Kier molecular flexibility index (Phi) is 2.32. The van der Waals surface area contributed by atoms with Crippen LogP contribution in [0.25, 0.3) is 11.0 Å². The van der Waals surface area contributed by atoms with E-state index in [1.54, 1.807) is 3.97 Å². The Hall–Kier alpha value is -1.16. The molecule has 16 heavy (non-hydrogen) atoms. The first-order valence-corrected chi connectivity index (χ1v) is 6.07. The second-order valence-corrected chi connectivity index (χ2v) is 4.85. The van der Waals surface area contributed by atoms with Gasteiger partial charge in [0.1, 0.15) is 5.65 Å². The van der Waals surface area contributed by atoms with Crippen LogP contribution in [0.2, 0.25) is 0 Å². The quantitative estimate of drug-likeness (QED) is 0.764. The number of pyridine rings is 1. The number of rotatable bonds is 1. The summed E-state index contributed by atoms with van der Waals surface area (Å²) in [4.78, 5) is 6.90. The Morgan fingerprint density at radius 2 is 2.06 bits per heavy atom. The first kappa shape index (κ1) is 10.0. The lowest BCUT2D eigenvalue weighted by atomic mass is 10.2. The van der Waals surface area contributed by atoms with Crippen LogP contribution in [0, 0.1) is 6.92 Å². The summed E-state index contributed by atoms with van der Waals surface area (Å²) in [6.07, 6.45) is 6.56. The molecule has 3 nitrogen and oxygen atoms in total. The van der Waals surface area contributed by atoms with E-state index in [-0.39, 0.29) is 0 Å². The fraction of sp³-hybridized carbons (Fsp3) is 0.417. The molecule has 1 saturated heterocycles. The van der Waals surface area contributed by atoms with Crippen molar-refractivity contribution >= 4 is 29.5 Å². The Bertz CT molecular complexity index is 526. The fourth-order valence-corrected chi connectivity index (χ4v) is 2.71. The molecule has 4 heteroatoms. The highest BCUT2D eigenvalue weighted by molar-refractivity contribution is 7.78. The minimum absolute atomic E-state index is 0.948. The first-order chi connectivity index (χ1) is 7.75.